The predicted molar refractivity (Wildman–Crippen MR) is 75.6 cm³/mol. The van der Waals surface area contributed by atoms with Gasteiger partial charge in [0.2, 0.25) is 0 Å². The van der Waals surface area contributed by atoms with Gasteiger partial charge in [0.15, 0.2) is 0 Å². The van der Waals surface area contributed by atoms with E-state index in [-0.39, 0.29) is 0 Å². The van der Waals surface area contributed by atoms with Gasteiger partial charge in [0, 0.05) is 12.6 Å². The minimum Gasteiger partial charge on any atom is -0.497 e. The van der Waals surface area contributed by atoms with Crippen LogP contribution >= 0.6 is 0 Å². The van der Waals surface area contributed by atoms with Crippen molar-refractivity contribution in [3.05, 3.63) is 23.8 Å². The van der Waals surface area contributed by atoms with Gasteiger partial charge in [-0.25, -0.2) is 0 Å². The first kappa shape index (κ1) is 14.8. The summed E-state index contributed by atoms with van der Waals surface area (Å²) in [5, 5.41) is 0. The average molecular weight is 251 g/mol. The Hall–Kier alpha value is -1.22. The van der Waals surface area contributed by atoms with E-state index in [1.165, 1.54) is 5.56 Å². The Balaban J connectivity index is 2.75. The number of methoxy groups -OCH3 is 2. The molecule has 0 aliphatic heterocycles. The molecule has 0 atom stereocenters. The molecule has 0 heterocycles. The van der Waals surface area contributed by atoms with Crippen molar-refractivity contribution in [3.63, 3.8) is 0 Å². The summed E-state index contributed by atoms with van der Waals surface area (Å²) >= 11 is 0. The van der Waals surface area contributed by atoms with E-state index in [1.807, 2.05) is 12.1 Å². The quantitative estimate of drug-likeness (QED) is 0.743. The van der Waals surface area contributed by atoms with Crippen LogP contribution in [0.25, 0.3) is 0 Å². The maximum atomic E-state index is 5.40. The van der Waals surface area contributed by atoms with Gasteiger partial charge in [-0.2, -0.15) is 0 Å². The minimum absolute atomic E-state index is 0.576. The maximum absolute atomic E-state index is 5.40. The van der Waals surface area contributed by atoms with E-state index in [0.29, 0.717) is 6.04 Å². The van der Waals surface area contributed by atoms with Crippen molar-refractivity contribution in [1.29, 1.82) is 0 Å². The topological polar surface area (TPSA) is 21.7 Å². The fraction of sp³-hybridized carbons (Fsp3) is 0.600. The fourth-order valence-corrected chi connectivity index (χ4v) is 2.12. The highest BCUT2D eigenvalue weighted by atomic mass is 16.5. The molecule has 3 heteroatoms. The average Bonchev–Trinajstić information content (AvgIpc) is 2.38. The smallest absolute Gasteiger partial charge is 0.122 e. The molecule has 18 heavy (non-hydrogen) atoms. The largest absolute Gasteiger partial charge is 0.497 e. The lowest BCUT2D eigenvalue weighted by Gasteiger charge is -2.25. The molecule has 1 aromatic carbocycles. The maximum Gasteiger partial charge on any atom is 0.122 e. The summed E-state index contributed by atoms with van der Waals surface area (Å²) in [5.74, 6) is 1.83. The van der Waals surface area contributed by atoms with E-state index < -0.39 is 0 Å². The highest BCUT2D eigenvalue weighted by molar-refractivity contribution is 5.40. The van der Waals surface area contributed by atoms with Gasteiger partial charge in [0.1, 0.15) is 11.5 Å². The molecule has 0 spiro atoms. The molecule has 0 saturated carbocycles. The molecule has 0 aliphatic rings. The number of benzene rings is 1. The highest BCUT2D eigenvalue weighted by Gasteiger charge is 2.10. The molecule has 1 aromatic rings. The summed E-state index contributed by atoms with van der Waals surface area (Å²) < 4.78 is 10.7. The zero-order valence-corrected chi connectivity index (χ0v) is 12.2. The van der Waals surface area contributed by atoms with Gasteiger partial charge in [-0.05, 0) is 50.6 Å². The van der Waals surface area contributed by atoms with Crippen molar-refractivity contribution < 1.29 is 9.47 Å². The van der Waals surface area contributed by atoms with E-state index in [1.54, 1.807) is 14.2 Å². The van der Waals surface area contributed by atoms with Crippen molar-refractivity contribution in [2.75, 3.05) is 27.3 Å². The lowest BCUT2D eigenvalue weighted by Crippen LogP contribution is -2.32. The minimum atomic E-state index is 0.576. The lowest BCUT2D eigenvalue weighted by molar-refractivity contribution is 0.235. The number of nitrogens with zero attached hydrogens (tertiary/aromatic N) is 1. The van der Waals surface area contributed by atoms with Crippen LogP contribution in [0.4, 0.5) is 0 Å². The summed E-state index contributed by atoms with van der Waals surface area (Å²) in [4.78, 5) is 2.44. The molecule has 102 valence electrons. The molecular formula is C15H25NO2. The van der Waals surface area contributed by atoms with Gasteiger partial charge in [0.25, 0.3) is 0 Å². The van der Waals surface area contributed by atoms with Gasteiger partial charge in [-0.3, -0.25) is 0 Å². The lowest BCUT2D eigenvalue weighted by atomic mass is 10.1. The molecule has 0 saturated heterocycles. The van der Waals surface area contributed by atoms with E-state index in [4.69, 9.17) is 9.47 Å². The van der Waals surface area contributed by atoms with Crippen LogP contribution in [-0.2, 0) is 6.42 Å². The molecule has 3 nitrogen and oxygen atoms in total. The van der Waals surface area contributed by atoms with Crippen LogP contribution in [0.5, 0.6) is 11.5 Å². The second kappa shape index (κ2) is 7.27. The Bertz CT molecular complexity index is 364. The normalized spacial score (nSPS) is 11.1. The molecule has 0 unspecified atom stereocenters. The number of likely N-dealkylation sites (N-methyl/N-ethyl adjacent to an activating group) is 1. The third-order valence-electron chi connectivity index (χ3n) is 3.29. The molecule has 0 N–H and O–H groups in total. The number of hydrogen-bond donors (Lipinski definition) is 0. The highest BCUT2D eigenvalue weighted by Crippen LogP contribution is 2.24. The molecule has 0 aromatic heterocycles. The van der Waals surface area contributed by atoms with Crippen LogP contribution < -0.4 is 9.47 Å². The van der Waals surface area contributed by atoms with E-state index in [0.717, 1.165) is 31.0 Å². The third-order valence-corrected chi connectivity index (χ3v) is 3.29. The summed E-state index contributed by atoms with van der Waals surface area (Å²) in [6.07, 6.45) is 0.979. The molecular weight excluding hydrogens is 226 g/mol. The zero-order valence-electron chi connectivity index (χ0n) is 12.2. The first-order valence-electron chi connectivity index (χ1n) is 6.57. The SMILES string of the molecule is CCN(CCc1cc(OC)ccc1OC)C(C)C. The van der Waals surface area contributed by atoms with Gasteiger partial charge in [0.05, 0.1) is 14.2 Å². The van der Waals surface area contributed by atoms with Gasteiger partial charge < -0.3 is 14.4 Å². The fourth-order valence-electron chi connectivity index (χ4n) is 2.12. The molecule has 1 rings (SSSR count). The van der Waals surface area contributed by atoms with Gasteiger partial charge in [-0.15, -0.1) is 0 Å². The summed E-state index contributed by atoms with van der Waals surface area (Å²) in [6.45, 7) is 8.77. The van der Waals surface area contributed by atoms with Gasteiger partial charge in [-0.1, -0.05) is 6.92 Å². The Morgan fingerprint density at radius 3 is 2.39 bits per heavy atom. The van der Waals surface area contributed by atoms with E-state index in [9.17, 15) is 0 Å². The van der Waals surface area contributed by atoms with Crippen molar-refractivity contribution in [2.24, 2.45) is 0 Å². The second-order valence-electron chi connectivity index (χ2n) is 4.65. The Morgan fingerprint density at radius 2 is 1.89 bits per heavy atom. The molecule has 0 fully saturated rings. The standard InChI is InChI=1S/C15H25NO2/c1-6-16(12(2)3)10-9-13-11-14(17-4)7-8-15(13)18-5/h7-8,11-12H,6,9-10H2,1-5H3. The molecule has 0 amide bonds. The Labute approximate surface area is 111 Å². The Kier molecular flexibility index (Phi) is 5.99. The zero-order chi connectivity index (χ0) is 13.5. The van der Waals surface area contributed by atoms with Crippen molar-refractivity contribution in [3.8, 4) is 11.5 Å². The van der Waals surface area contributed by atoms with Crippen LogP contribution in [0.2, 0.25) is 0 Å². The third kappa shape index (κ3) is 3.91. The van der Waals surface area contributed by atoms with Crippen molar-refractivity contribution >= 4 is 0 Å². The van der Waals surface area contributed by atoms with Gasteiger partial charge >= 0.3 is 0 Å². The molecule has 0 radical (unpaired) electrons. The predicted octanol–water partition coefficient (Wildman–Crippen LogP) is 2.98. The number of hydrogen-bond acceptors (Lipinski definition) is 3. The first-order valence-corrected chi connectivity index (χ1v) is 6.57. The van der Waals surface area contributed by atoms with Crippen LogP contribution in [0.1, 0.15) is 26.3 Å². The number of ether oxygens (including phenoxy) is 2. The van der Waals surface area contributed by atoms with Crippen LogP contribution in [-0.4, -0.2) is 38.3 Å². The number of rotatable bonds is 7. The van der Waals surface area contributed by atoms with Crippen molar-refractivity contribution in [2.45, 2.75) is 33.2 Å². The van der Waals surface area contributed by atoms with Crippen LogP contribution in [0, 0.1) is 0 Å². The second-order valence-corrected chi connectivity index (χ2v) is 4.65. The summed E-state index contributed by atoms with van der Waals surface area (Å²) in [6, 6.07) is 6.54. The summed E-state index contributed by atoms with van der Waals surface area (Å²) in [5.41, 5.74) is 1.20. The van der Waals surface area contributed by atoms with Crippen LogP contribution in [0.15, 0.2) is 18.2 Å². The molecule has 0 bridgehead atoms. The van der Waals surface area contributed by atoms with Crippen LogP contribution in [0.3, 0.4) is 0 Å². The molecule has 0 aliphatic carbocycles. The van der Waals surface area contributed by atoms with Crippen molar-refractivity contribution in [1.82, 2.24) is 4.90 Å². The Morgan fingerprint density at radius 1 is 1.17 bits per heavy atom. The first-order chi connectivity index (χ1) is 8.62. The van der Waals surface area contributed by atoms with E-state index >= 15 is 0 Å². The monoisotopic (exact) mass is 251 g/mol. The summed E-state index contributed by atoms with van der Waals surface area (Å²) in [7, 11) is 3.41. The van der Waals surface area contributed by atoms with E-state index in [2.05, 4.69) is 31.7 Å².